The summed E-state index contributed by atoms with van der Waals surface area (Å²) >= 11 is 0. The first kappa shape index (κ1) is 18.4. The lowest BCUT2D eigenvalue weighted by atomic mass is 9.52. The van der Waals surface area contributed by atoms with Gasteiger partial charge in [-0.3, -0.25) is 9.59 Å². The van der Waals surface area contributed by atoms with Gasteiger partial charge in [0, 0.05) is 11.8 Å². The molecule has 3 rings (SSSR count). The second-order valence-electron chi connectivity index (χ2n) is 7.86. The molecule has 0 aliphatic heterocycles. The van der Waals surface area contributed by atoms with Gasteiger partial charge in [-0.05, 0) is 67.5 Å². The first-order valence-corrected chi connectivity index (χ1v) is 9.03. The molecular formula is C23H26O3. The summed E-state index contributed by atoms with van der Waals surface area (Å²) in [5.41, 5.74) is 3.78. The molecule has 0 heterocycles. The van der Waals surface area contributed by atoms with Gasteiger partial charge in [-0.15, -0.1) is 0 Å². The van der Waals surface area contributed by atoms with E-state index in [0.29, 0.717) is 17.6 Å². The zero-order chi connectivity index (χ0) is 19.4. The third-order valence-electron chi connectivity index (χ3n) is 6.41. The number of benzene rings is 1. The van der Waals surface area contributed by atoms with Crippen molar-refractivity contribution in [1.82, 2.24) is 0 Å². The van der Waals surface area contributed by atoms with Crippen LogP contribution < -0.4 is 0 Å². The summed E-state index contributed by atoms with van der Waals surface area (Å²) in [5, 5.41) is 10.2. The number of carbonyl (C=O) groups excluding carboxylic acids is 2. The molecule has 2 aliphatic rings. The fraction of sp³-hybridized carbons (Fsp3) is 0.391. The zero-order valence-corrected chi connectivity index (χ0v) is 16.1. The van der Waals surface area contributed by atoms with Gasteiger partial charge >= 0.3 is 0 Å². The summed E-state index contributed by atoms with van der Waals surface area (Å²) in [4.78, 5) is 26.4. The van der Waals surface area contributed by atoms with Crippen molar-refractivity contribution in [3.05, 3.63) is 64.3 Å². The molecule has 0 aromatic heterocycles. The largest absolute Gasteiger partial charge is 0.507 e. The molecule has 1 aromatic carbocycles. The number of aromatic hydroxyl groups is 1. The highest BCUT2D eigenvalue weighted by Gasteiger charge is 2.56. The molecule has 136 valence electrons. The predicted molar refractivity (Wildman–Crippen MR) is 103 cm³/mol. The van der Waals surface area contributed by atoms with Crippen LogP contribution in [0.25, 0.3) is 0 Å². The molecule has 0 spiro atoms. The molecule has 0 bridgehead atoms. The molecule has 0 fully saturated rings. The number of phenols is 1. The van der Waals surface area contributed by atoms with E-state index in [4.69, 9.17) is 0 Å². The Kier molecular flexibility index (Phi) is 4.30. The van der Waals surface area contributed by atoms with Crippen molar-refractivity contribution in [2.75, 3.05) is 0 Å². The normalized spacial score (nSPS) is 28.7. The summed E-state index contributed by atoms with van der Waals surface area (Å²) in [6, 6.07) is 3.85. The van der Waals surface area contributed by atoms with Crippen LogP contribution in [0, 0.1) is 25.2 Å². The van der Waals surface area contributed by atoms with Crippen molar-refractivity contribution in [1.29, 1.82) is 0 Å². The second-order valence-corrected chi connectivity index (χ2v) is 7.86. The van der Waals surface area contributed by atoms with E-state index in [2.05, 4.69) is 6.58 Å². The number of carbonyl (C=O) groups is 2. The van der Waals surface area contributed by atoms with Gasteiger partial charge in [-0.2, -0.15) is 0 Å². The van der Waals surface area contributed by atoms with Gasteiger partial charge < -0.3 is 5.11 Å². The average molecular weight is 350 g/mol. The van der Waals surface area contributed by atoms with Crippen LogP contribution in [0.2, 0.25) is 0 Å². The van der Waals surface area contributed by atoms with Crippen molar-refractivity contribution < 1.29 is 14.7 Å². The third kappa shape index (κ3) is 2.33. The molecular weight excluding hydrogens is 324 g/mol. The van der Waals surface area contributed by atoms with Crippen LogP contribution in [0.3, 0.4) is 0 Å². The van der Waals surface area contributed by atoms with Crippen molar-refractivity contribution in [3.63, 3.8) is 0 Å². The van der Waals surface area contributed by atoms with Crippen LogP contribution in [-0.4, -0.2) is 16.7 Å². The molecule has 3 atom stereocenters. The molecule has 26 heavy (non-hydrogen) atoms. The van der Waals surface area contributed by atoms with Gasteiger partial charge in [0.25, 0.3) is 0 Å². The monoisotopic (exact) mass is 350 g/mol. The van der Waals surface area contributed by atoms with Gasteiger partial charge in [-0.1, -0.05) is 37.8 Å². The number of ketones is 2. The fourth-order valence-corrected chi connectivity index (χ4v) is 4.75. The predicted octanol–water partition coefficient (Wildman–Crippen LogP) is 4.72. The molecule has 2 aliphatic carbocycles. The first-order chi connectivity index (χ1) is 12.1. The van der Waals surface area contributed by atoms with E-state index in [1.54, 1.807) is 19.9 Å². The second kappa shape index (κ2) is 6.08. The molecule has 0 saturated heterocycles. The summed E-state index contributed by atoms with van der Waals surface area (Å²) in [7, 11) is 0. The maximum Gasteiger partial charge on any atom is 0.166 e. The minimum Gasteiger partial charge on any atom is -0.507 e. The Bertz CT molecular complexity index is 877. The molecule has 3 nitrogen and oxygen atoms in total. The Balaban J connectivity index is 2.29. The van der Waals surface area contributed by atoms with Crippen LogP contribution >= 0.6 is 0 Å². The third-order valence-corrected chi connectivity index (χ3v) is 6.41. The van der Waals surface area contributed by atoms with Crippen molar-refractivity contribution in [2.45, 2.75) is 47.0 Å². The summed E-state index contributed by atoms with van der Waals surface area (Å²) < 4.78 is 0. The van der Waals surface area contributed by atoms with Gasteiger partial charge in [0.2, 0.25) is 0 Å². The van der Waals surface area contributed by atoms with E-state index in [-0.39, 0.29) is 29.2 Å². The Morgan fingerprint density at radius 3 is 2.23 bits per heavy atom. The minimum atomic E-state index is -0.838. The number of allylic oxidation sites excluding steroid dienone is 5. The van der Waals surface area contributed by atoms with E-state index in [0.717, 1.165) is 22.3 Å². The van der Waals surface area contributed by atoms with Crippen molar-refractivity contribution >= 4 is 11.6 Å². The highest BCUT2D eigenvalue weighted by atomic mass is 16.3. The number of Topliss-reactive ketones (excluding diaryl/α,β-unsaturated/α-hetero) is 2. The van der Waals surface area contributed by atoms with Crippen LogP contribution in [0.1, 0.15) is 49.8 Å². The van der Waals surface area contributed by atoms with E-state index >= 15 is 0 Å². The number of rotatable bonds is 2. The minimum absolute atomic E-state index is 0.0421. The molecule has 0 saturated carbocycles. The quantitative estimate of drug-likeness (QED) is 0.840. The lowest BCUT2D eigenvalue weighted by Crippen LogP contribution is -2.50. The topological polar surface area (TPSA) is 54.4 Å². The van der Waals surface area contributed by atoms with Crippen molar-refractivity contribution in [3.8, 4) is 5.75 Å². The van der Waals surface area contributed by atoms with Crippen molar-refractivity contribution in [2.24, 2.45) is 11.3 Å². The van der Waals surface area contributed by atoms with Crippen LogP contribution in [0.4, 0.5) is 0 Å². The first-order valence-electron chi connectivity index (χ1n) is 9.03. The lowest BCUT2D eigenvalue weighted by molar-refractivity contribution is -0.138. The molecule has 3 heteroatoms. The van der Waals surface area contributed by atoms with E-state index in [1.165, 1.54) is 0 Å². The molecule has 0 amide bonds. The average Bonchev–Trinajstić information content (AvgIpc) is 2.61. The Labute approximate surface area is 155 Å². The van der Waals surface area contributed by atoms with Crippen LogP contribution in [-0.2, 0) is 9.59 Å². The van der Waals surface area contributed by atoms with Gasteiger partial charge in [-0.25, -0.2) is 0 Å². The number of hydrogen-bond donors (Lipinski definition) is 1. The number of fused-ring (bicyclic) bond motifs is 1. The number of hydrogen-bond acceptors (Lipinski definition) is 3. The van der Waals surface area contributed by atoms with E-state index in [9.17, 15) is 14.7 Å². The summed E-state index contributed by atoms with van der Waals surface area (Å²) in [6.45, 7) is 13.1. The van der Waals surface area contributed by atoms with Gasteiger partial charge in [0.15, 0.2) is 11.6 Å². The summed E-state index contributed by atoms with van der Waals surface area (Å²) in [5.74, 6) is -0.229. The SMILES string of the molecule is C=CC1=CC[C@H]2C(=O)C(C)=C(C)C(=O)[C@@]2(C)[C@H]1c1cc(C)c(O)c(C)c1. The maximum absolute atomic E-state index is 13.4. The molecule has 0 unspecified atom stereocenters. The van der Waals surface area contributed by atoms with Gasteiger partial charge in [0.1, 0.15) is 5.75 Å². The van der Waals surface area contributed by atoms with Crippen LogP contribution in [0.5, 0.6) is 5.75 Å². The Morgan fingerprint density at radius 2 is 1.69 bits per heavy atom. The number of aryl methyl sites for hydroxylation is 2. The fourth-order valence-electron chi connectivity index (χ4n) is 4.75. The smallest absolute Gasteiger partial charge is 0.166 e. The lowest BCUT2D eigenvalue weighted by Gasteiger charge is -2.48. The maximum atomic E-state index is 13.4. The molecule has 1 aromatic rings. The molecule has 1 N–H and O–H groups in total. The zero-order valence-electron chi connectivity index (χ0n) is 16.1. The molecule has 0 radical (unpaired) electrons. The van der Waals surface area contributed by atoms with E-state index < -0.39 is 5.41 Å². The highest BCUT2D eigenvalue weighted by molar-refractivity contribution is 6.15. The Morgan fingerprint density at radius 1 is 1.12 bits per heavy atom. The summed E-state index contributed by atoms with van der Waals surface area (Å²) in [6.07, 6.45) is 4.39. The standard InChI is InChI=1S/C23H26O3/c1-7-16-8-9-18-21(25)14(4)15(5)22(26)23(18,6)19(16)17-10-12(2)20(24)13(3)11-17/h7-8,10-11,18-19,24H,1,9H2,2-6H3/t18-,19+,23+/m0/s1. The van der Waals surface area contributed by atoms with E-state index in [1.807, 2.05) is 39.0 Å². The van der Waals surface area contributed by atoms with Gasteiger partial charge in [0.05, 0.1) is 5.41 Å². The Hall–Kier alpha value is -2.42. The van der Waals surface area contributed by atoms with Crippen LogP contribution in [0.15, 0.2) is 47.6 Å². The highest BCUT2D eigenvalue weighted by Crippen LogP contribution is 2.56. The number of phenolic OH excluding ortho intramolecular Hbond substituents is 1.